The zero-order chi connectivity index (χ0) is 22.7. The van der Waals surface area contributed by atoms with Crippen LogP contribution in [-0.4, -0.2) is 70.1 Å². The summed E-state index contributed by atoms with van der Waals surface area (Å²) in [6, 6.07) is 12.2. The van der Waals surface area contributed by atoms with Gasteiger partial charge in [0.25, 0.3) is 0 Å². The van der Waals surface area contributed by atoms with Crippen molar-refractivity contribution in [2.75, 3.05) is 48.6 Å². The van der Waals surface area contributed by atoms with Crippen LogP contribution in [0.25, 0.3) is 0 Å². The second kappa shape index (κ2) is 10.3. The van der Waals surface area contributed by atoms with E-state index in [1.807, 2.05) is 6.07 Å². The Balaban J connectivity index is 1.29. The Morgan fingerprint density at radius 3 is 2.44 bits per heavy atom. The molecule has 1 N–H and O–H groups in total. The van der Waals surface area contributed by atoms with Gasteiger partial charge in [-0.25, -0.2) is 9.19 Å². The Labute approximate surface area is 195 Å². The molecule has 2 fully saturated rings. The summed E-state index contributed by atoms with van der Waals surface area (Å²) in [5.41, 5.74) is 4.70. The number of anilines is 2. The minimum atomic E-state index is -1.08. The summed E-state index contributed by atoms with van der Waals surface area (Å²) in [4.78, 5) is 12.4. The van der Waals surface area contributed by atoms with Crippen molar-refractivity contribution < 1.29 is 4.21 Å². The molecule has 7 heteroatoms. The fourth-order valence-corrected chi connectivity index (χ4v) is 5.63. The molecular weight excluding hydrogens is 418 g/mol. The molecule has 0 amide bonds. The van der Waals surface area contributed by atoms with Gasteiger partial charge in [0.1, 0.15) is 16.8 Å². The van der Waals surface area contributed by atoms with Gasteiger partial charge in [0.05, 0.1) is 11.9 Å². The van der Waals surface area contributed by atoms with Crippen LogP contribution in [0.3, 0.4) is 0 Å². The number of hydrogen-bond acceptors (Lipinski definition) is 5. The van der Waals surface area contributed by atoms with Crippen LogP contribution in [0, 0.1) is 13.8 Å². The van der Waals surface area contributed by atoms with Crippen molar-refractivity contribution in [1.29, 1.82) is 0 Å². The molecule has 2 saturated heterocycles. The van der Waals surface area contributed by atoms with Gasteiger partial charge in [0.15, 0.2) is 0 Å². The molecule has 2 aliphatic heterocycles. The van der Waals surface area contributed by atoms with E-state index in [1.54, 1.807) is 12.5 Å². The van der Waals surface area contributed by atoms with E-state index < -0.39 is 11.0 Å². The van der Waals surface area contributed by atoms with Crippen molar-refractivity contribution in [2.45, 2.75) is 52.2 Å². The van der Waals surface area contributed by atoms with Crippen molar-refractivity contribution in [3.05, 3.63) is 53.2 Å². The van der Waals surface area contributed by atoms with Crippen molar-refractivity contribution in [1.82, 2.24) is 14.8 Å². The van der Waals surface area contributed by atoms with Crippen LogP contribution < -0.4 is 9.62 Å². The van der Waals surface area contributed by atoms with Gasteiger partial charge < -0.3 is 9.62 Å². The standard InChI is InChI=1S/C25H37N5OS/c1-19-5-7-22(8-6-19)18-28-11-9-24(10-12-28)30-14-13-29(17-21(30)3)25-20(2)15-23(16-26-25)27-32(4)31/h5-8,15-16,21,24,27H,9-14,17-18H2,1-4H3. The molecule has 0 saturated carbocycles. The summed E-state index contributed by atoms with van der Waals surface area (Å²) in [5.74, 6) is 1.05. The lowest BCUT2D eigenvalue weighted by Gasteiger charge is -2.47. The Hall–Kier alpha value is -1.96. The number of likely N-dealkylation sites (tertiary alicyclic amines) is 1. The Bertz CT molecular complexity index is 926. The quantitative estimate of drug-likeness (QED) is 0.722. The Kier molecular flexibility index (Phi) is 7.48. The number of nitrogens with one attached hydrogen (secondary N) is 1. The normalized spacial score (nSPS) is 22.1. The van der Waals surface area contributed by atoms with Crippen LogP contribution in [-0.2, 0) is 17.5 Å². The average molecular weight is 456 g/mol. The van der Waals surface area contributed by atoms with E-state index in [4.69, 9.17) is 0 Å². The summed E-state index contributed by atoms with van der Waals surface area (Å²) in [6.45, 7) is 13.1. The summed E-state index contributed by atoms with van der Waals surface area (Å²) in [5, 5.41) is 0. The largest absolute Gasteiger partial charge is 0.354 e. The molecule has 1 aromatic carbocycles. The first kappa shape index (κ1) is 23.2. The van der Waals surface area contributed by atoms with E-state index in [-0.39, 0.29) is 0 Å². The Morgan fingerprint density at radius 2 is 1.81 bits per heavy atom. The molecular formula is C25H37N5OS. The third-order valence-electron chi connectivity index (χ3n) is 6.84. The molecule has 0 spiro atoms. The smallest absolute Gasteiger partial charge is 0.131 e. The van der Waals surface area contributed by atoms with Gasteiger partial charge in [-0.15, -0.1) is 0 Å². The number of pyridine rings is 1. The maximum Gasteiger partial charge on any atom is 0.131 e. The second-order valence-electron chi connectivity index (χ2n) is 9.45. The van der Waals surface area contributed by atoms with Crippen molar-refractivity contribution >= 4 is 22.5 Å². The zero-order valence-electron chi connectivity index (χ0n) is 19.9. The Morgan fingerprint density at radius 1 is 1.09 bits per heavy atom. The number of piperidine rings is 1. The number of aryl methyl sites for hydroxylation is 2. The van der Waals surface area contributed by atoms with Crippen LogP contribution in [0.15, 0.2) is 36.5 Å². The number of aromatic nitrogens is 1. The predicted molar refractivity (Wildman–Crippen MR) is 135 cm³/mol. The molecule has 2 aromatic rings. The van der Waals surface area contributed by atoms with Gasteiger partial charge >= 0.3 is 0 Å². The molecule has 1 aromatic heterocycles. The SMILES string of the molecule is Cc1ccc(CN2CCC(N3CCN(c4ncc(NS(C)=O)cc4C)CC3C)CC2)cc1. The van der Waals surface area contributed by atoms with Crippen molar-refractivity contribution in [2.24, 2.45) is 0 Å². The maximum atomic E-state index is 11.4. The first-order valence-corrected chi connectivity index (χ1v) is 13.3. The summed E-state index contributed by atoms with van der Waals surface area (Å²) in [6.07, 6.45) is 5.94. The lowest BCUT2D eigenvalue weighted by Crippen LogP contribution is -2.57. The fraction of sp³-hybridized carbons (Fsp3) is 0.560. The summed E-state index contributed by atoms with van der Waals surface area (Å²) < 4.78 is 14.4. The van der Waals surface area contributed by atoms with Gasteiger partial charge in [-0.1, -0.05) is 29.8 Å². The minimum absolute atomic E-state index is 0.513. The zero-order valence-corrected chi connectivity index (χ0v) is 20.7. The number of hydrogen-bond donors (Lipinski definition) is 1. The highest BCUT2D eigenvalue weighted by molar-refractivity contribution is 7.85. The van der Waals surface area contributed by atoms with Gasteiger partial charge in [-0.2, -0.15) is 0 Å². The van der Waals surface area contributed by atoms with E-state index in [0.717, 1.165) is 43.2 Å². The van der Waals surface area contributed by atoms with Crippen molar-refractivity contribution in [3.63, 3.8) is 0 Å². The molecule has 32 heavy (non-hydrogen) atoms. The van der Waals surface area contributed by atoms with E-state index in [0.29, 0.717) is 12.1 Å². The average Bonchev–Trinajstić information content (AvgIpc) is 2.76. The lowest BCUT2D eigenvalue weighted by atomic mass is 9.99. The van der Waals surface area contributed by atoms with E-state index in [2.05, 4.69) is 69.4 Å². The van der Waals surface area contributed by atoms with Gasteiger partial charge in [-0.3, -0.25) is 9.80 Å². The third kappa shape index (κ3) is 5.69. The number of piperazine rings is 1. The first-order chi connectivity index (χ1) is 15.4. The maximum absolute atomic E-state index is 11.4. The molecule has 2 atom stereocenters. The second-order valence-corrected chi connectivity index (χ2v) is 10.6. The summed E-state index contributed by atoms with van der Waals surface area (Å²) in [7, 11) is -1.08. The van der Waals surface area contributed by atoms with Gasteiger partial charge in [0, 0.05) is 44.5 Å². The van der Waals surface area contributed by atoms with Crippen LogP contribution in [0.2, 0.25) is 0 Å². The number of rotatable bonds is 6. The molecule has 0 bridgehead atoms. The topological polar surface area (TPSA) is 51.7 Å². The lowest BCUT2D eigenvalue weighted by molar-refractivity contribution is 0.0690. The van der Waals surface area contributed by atoms with E-state index in [9.17, 15) is 4.21 Å². The molecule has 6 nitrogen and oxygen atoms in total. The first-order valence-electron chi connectivity index (χ1n) is 11.7. The monoisotopic (exact) mass is 455 g/mol. The minimum Gasteiger partial charge on any atom is -0.354 e. The molecule has 2 unspecified atom stereocenters. The van der Waals surface area contributed by atoms with Crippen LogP contribution in [0.1, 0.15) is 36.5 Å². The number of nitrogens with zero attached hydrogens (tertiary/aromatic N) is 4. The highest BCUT2D eigenvalue weighted by Gasteiger charge is 2.32. The van der Waals surface area contributed by atoms with Gasteiger partial charge in [0.2, 0.25) is 0 Å². The molecule has 0 aliphatic carbocycles. The fourth-order valence-electron chi connectivity index (χ4n) is 5.19. The molecule has 2 aliphatic rings. The number of benzene rings is 1. The third-order valence-corrected chi connectivity index (χ3v) is 7.37. The molecule has 0 radical (unpaired) electrons. The molecule has 3 heterocycles. The van der Waals surface area contributed by atoms with Crippen LogP contribution in [0.5, 0.6) is 0 Å². The van der Waals surface area contributed by atoms with E-state index in [1.165, 1.54) is 37.1 Å². The molecule has 4 rings (SSSR count). The highest BCUT2D eigenvalue weighted by Crippen LogP contribution is 2.27. The van der Waals surface area contributed by atoms with Crippen LogP contribution in [0.4, 0.5) is 11.5 Å². The van der Waals surface area contributed by atoms with E-state index >= 15 is 0 Å². The van der Waals surface area contributed by atoms with Crippen molar-refractivity contribution in [3.8, 4) is 0 Å². The van der Waals surface area contributed by atoms with Gasteiger partial charge in [-0.05, 0) is 63.9 Å². The molecule has 174 valence electrons. The van der Waals surface area contributed by atoms with Crippen LogP contribution >= 0.6 is 0 Å². The highest BCUT2D eigenvalue weighted by atomic mass is 32.2. The summed E-state index contributed by atoms with van der Waals surface area (Å²) >= 11 is 0. The predicted octanol–water partition coefficient (Wildman–Crippen LogP) is 3.58.